The highest BCUT2D eigenvalue weighted by Crippen LogP contribution is 1.92. The standard InChI is InChI=1S/C13H22N2O3/c1-4-6-14-7-5-12(16)15(13(14)17)8-9-18-10-11(2)3/h5,7,11H,4,6,8-10H2,1-3H3. The third-order valence-electron chi connectivity index (χ3n) is 2.51. The van der Waals surface area contributed by atoms with Crippen LogP contribution in [-0.4, -0.2) is 22.3 Å². The Morgan fingerprint density at radius 1 is 1.28 bits per heavy atom. The number of hydrogen-bond acceptors (Lipinski definition) is 3. The molecule has 1 rings (SSSR count). The molecule has 1 aromatic rings. The predicted molar refractivity (Wildman–Crippen MR) is 70.9 cm³/mol. The lowest BCUT2D eigenvalue weighted by atomic mass is 10.2. The molecule has 0 aromatic carbocycles. The van der Waals surface area contributed by atoms with Gasteiger partial charge in [0.25, 0.3) is 5.56 Å². The molecule has 5 nitrogen and oxygen atoms in total. The lowest BCUT2D eigenvalue weighted by Crippen LogP contribution is -2.40. The molecule has 0 fully saturated rings. The number of hydrogen-bond donors (Lipinski definition) is 0. The van der Waals surface area contributed by atoms with Crippen LogP contribution in [0.25, 0.3) is 0 Å². The molecule has 0 atom stereocenters. The van der Waals surface area contributed by atoms with Crippen LogP contribution in [0.2, 0.25) is 0 Å². The maximum absolute atomic E-state index is 12.0. The predicted octanol–water partition coefficient (Wildman–Crippen LogP) is 1.09. The van der Waals surface area contributed by atoms with Crippen LogP contribution in [0.15, 0.2) is 21.9 Å². The van der Waals surface area contributed by atoms with Crippen LogP contribution in [0.4, 0.5) is 0 Å². The van der Waals surface area contributed by atoms with Crippen molar-refractivity contribution in [2.75, 3.05) is 13.2 Å². The summed E-state index contributed by atoms with van der Waals surface area (Å²) in [4.78, 5) is 23.6. The quantitative estimate of drug-likeness (QED) is 0.684. The Morgan fingerprint density at radius 3 is 2.61 bits per heavy atom. The van der Waals surface area contributed by atoms with Gasteiger partial charge in [0.15, 0.2) is 0 Å². The first kappa shape index (κ1) is 14.7. The lowest BCUT2D eigenvalue weighted by Gasteiger charge is -2.10. The fourth-order valence-corrected chi connectivity index (χ4v) is 1.65. The van der Waals surface area contributed by atoms with Crippen molar-refractivity contribution in [3.8, 4) is 0 Å². The highest BCUT2D eigenvalue weighted by atomic mass is 16.5. The summed E-state index contributed by atoms with van der Waals surface area (Å²) in [5.74, 6) is 0.453. The zero-order valence-corrected chi connectivity index (χ0v) is 11.4. The Labute approximate surface area is 107 Å². The van der Waals surface area contributed by atoms with E-state index in [4.69, 9.17) is 4.74 Å². The Bertz CT molecular complexity index is 474. The van der Waals surface area contributed by atoms with Crippen molar-refractivity contribution in [1.82, 2.24) is 9.13 Å². The summed E-state index contributed by atoms with van der Waals surface area (Å²) in [7, 11) is 0. The lowest BCUT2D eigenvalue weighted by molar-refractivity contribution is 0.101. The molecule has 0 amide bonds. The molecule has 18 heavy (non-hydrogen) atoms. The van der Waals surface area contributed by atoms with Gasteiger partial charge >= 0.3 is 5.69 Å². The van der Waals surface area contributed by atoms with Gasteiger partial charge in [-0.05, 0) is 12.3 Å². The van der Waals surface area contributed by atoms with E-state index in [-0.39, 0.29) is 11.2 Å². The van der Waals surface area contributed by atoms with E-state index in [1.807, 2.05) is 6.92 Å². The molecule has 102 valence electrons. The number of rotatable bonds is 7. The monoisotopic (exact) mass is 254 g/mol. The molecule has 0 saturated carbocycles. The summed E-state index contributed by atoms with van der Waals surface area (Å²) >= 11 is 0. The summed E-state index contributed by atoms with van der Waals surface area (Å²) in [5, 5.41) is 0. The van der Waals surface area contributed by atoms with Crippen LogP contribution < -0.4 is 11.2 Å². The average molecular weight is 254 g/mol. The molecule has 1 aromatic heterocycles. The second-order valence-corrected chi connectivity index (χ2v) is 4.75. The largest absolute Gasteiger partial charge is 0.379 e. The molecule has 1 heterocycles. The number of aromatic nitrogens is 2. The molecular formula is C13H22N2O3. The van der Waals surface area contributed by atoms with Gasteiger partial charge in [-0.3, -0.25) is 9.36 Å². The van der Waals surface area contributed by atoms with E-state index >= 15 is 0 Å². The summed E-state index contributed by atoms with van der Waals surface area (Å²) in [6.07, 6.45) is 2.42. The third kappa shape index (κ3) is 4.14. The summed E-state index contributed by atoms with van der Waals surface area (Å²) in [5.41, 5.74) is -0.516. The fraction of sp³-hybridized carbons (Fsp3) is 0.692. The van der Waals surface area contributed by atoms with E-state index in [0.29, 0.717) is 32.2 Å². The van der Waals surface area contributed by atoms with Gasteiger partial charge in [0, 0.05) is 25.4 Å². The minimum Gasteiger partial charge on any atom is -0.379 e. The Balaban J connectivity index is 2.72. The Kier molecular flexibility index (Phi) is 5.85. The van der Waals surface area contributed by atoms with Crippen LogP contribution in [-0.2, 0) is 17.8 Å². The van der Waals surface area contributed by atoms with Crippen molar-refractivity contribution in [3.05, 3.63) is 33.1 Å². The van der Waals surface area contributed by atoms with Crippen LogP contribution in [0, 0.1) is 5.92 Å². The van der Waals surface area contributed by atoms with Crippen LogP contribution in [0.1, 0.15) is 27.2 Å². The summed E-state index contributed by atoms with van der Waals surface area (Å²) in [6, 6.07) is 1.43. The number of aryl methyl sites for hydroxylation is 1. The molecule has 0 radical (unpaired) electrons. The van der Waals surface area contributed by atoms with Gasteiger partial charge in [0.1, 0.15) is 0 Å². The highest BCUT2D eigenvalue weighted by molar-refractivity contribution is 4.86. The minimum absolute atomic E-state index is 0.252. The van der Waals surface area contributed by atoms with Crippen molar-refractivity contribution in [2.45, 2.75) is 40.3 Å². The molecule has 0 aliphatic heterocycles. The smallest absolute Gasteiger partial charge is 0.331 e. The van der Waals surface area contributed by atoms with Crippen LogP contribution in [0.3, 0.4) is 0 Å². The summed E-state index contributed by atoms with van der Waals surface area (Å²) < 4.78 is 8.19. The van der Waals surface area contributed by atoms with E-state index in [2.05, 4.69) is 13.8 Å². The van der Waals surface area contributed by atoms with Crippen molar-refractivity contribution < 1.29 is 4.74 Å². The maximum atomic E-state index is 12.0. The molecule has 0 bridgehead atoms. The zero-order chi connectivity index (χ0) is 13.5. The normalized spacial score (nSPS) is 11.1. The first-order chi connectivity index (χ1) is 8.56. The maximum Gasteiger partial charge on any atom is 0.331 e. The molecule has 0 N–H and O–H groups in total. The van der Waals surface area contributed by atoms with E-state index in [1.54, 1.807) is 10.8 Å². The Morgan fingerprint density at radius 2 is 2.00 bits per heavy atom. The van der Waals surface area contributed by atoms with Gasteiger partial charge in [-0.1, -0.05) is 20.8 Å². The summed E-state index contributed by atoms with van der Waals surface area (Å²) in [6.45, 7) is 8.09. The molecule has 0 unspecified atom stereocenters. The van der Waals surface area contributed by atoms with Gasteiger partial charge in [-0.2, -0.15) is 0 Å². The zero-order valence-electron chi connectivity index (χ0n) is 11.4. The number of nitrogens with zero attached hydrogens (tertiary/aromatic N) is 2. The molecule has 0 aliphatic rings. The van der Waals surface area contributed by atoms with E-state index in [9.17, 15) is 9.59 Å². The van der Waals surface area contributed by atoms with Crippen molar-refractivity contribution in [1.29, 1.82) is 0 Å². The number of ether oxygens (including phenoxy) is 1. The van der Waals surface area contributed by atoms with Gasteiger partial charge in [-0.25, -0.2) is 4.79 Å². The van der Waals surface area contributed by atoms with Gasteiger partial charge in [0.2, 0.25) is 0 Å². The first-order valence-electron chi connectivity index (χ1n) is 6.44. The minimum atomic E-state index is -0.263. The second kappa shape index (κ2) is 7.16. The topological polar surface area (TPSA) is 53.2 Å². The van der Waals surface area contributed by atoms with Gasteiger partial charge in [0.05, 0.1) is 13.2 Å². The molecule has 0 saturated heterocycles. The van der Waals surface area contributed by atoms with E-state index in [0.717, 1.165) is 6.42 Å². The second-order valence-electron chi connectivity index (χ2n) is 4.75. The van der Waals surface area contributed by atoms with Crippen LogP contribution in [0.5, 0.6) is 0 Å². The van der Waals surface area contributed by atoms with Crippen molar-refractivity contribution in [3.63, 3.8) is 0 Å². The van der Waals surface area contributed by atoms with E-state index in [1.165, 1.54) is 10.6 Å². The SMILES string of the molecule is CCCn1ccc(=O)n(CCOCC(C)C)c1=O. The van der Waals surface area contributed by atoms with Gasteiger partial charge in [-0.15, -0.1) is 0 Å². The molecular weight excluding hydrogens is 232 g/mol. The Hall–Kier alpha value is -1.36. The molecule has 5 heteroatoms. The first-order valence-corrected chi connectivity index (χ1v) is 6.44. The molecule has 0 spiro atoms. The van der Waals surface area contributed by atoms with Crippen molar-refractivity contribution in [2.24, 2.45) is 5.92 Å². The van der Waals surface area contributed by atoms with Gasteiger partial charge < -0.3 is 9.30 Å². The van der Waals surface area contributed by atoms with Crippen molar-refractivity contribution >= 4 is 0 Å². The molecule has 0 aliphatic carbocycles. The van der Waals surface area contributed by atoms with E-state index < -0.39 is 0 Å². The van der Waals surface area contributed by atoms with Crippen LogP contribution >= 0.6 is 0 Å². The fourth-order valence-electron chi connectivity index (χ4n) is 1.65. The highest BCUT2D eigenvalue weighted by Gasteiger charge is 2.04. The third-order valence-corrected chi connectivity index (χ3v) is 2.51. The average Bonchev–Trinajstić information content (AvgIpc) is 2.31.